The molecule has 108 heavy (non-hydrogen) atoms. The van der Waals surface area contributed by atoms with E-state index in [1.807, 2.05) is 0 Å². The summed E-state index contributed by atoms with van der Waals surface area (Å²) in [6.07, 6.45) is 24.8. The van der Waals surface area contributed by atoms with E-state index in [1.54, 1.807) is 0 Å². The lowest BCUT2D eigenvalue weighted by molar-refractivity contribution is -0.0172. The standard InChI is InChI=1S/C98H122B2Br2N2O4/c1-18-23-28-31-36-73-53-67(6)55-78(61-73)98(79-56-68(7)54-74(62-79)37-32-29-24-19-2)89-64-80(99-105-94(12,13)96(16,107-99)52-33-30-25-20-3)38-49-87(89)88-50-39-81(65-90(88)98)100-106-95(14,15)97(17,108-100)66-77-63-86(48-51-91(77)102)104(93-71(10)59-76(35-27-22-5)60-72(93)11)85-46-44-84(45-47-85)103(83-42-40-82(101)41-43-83)92-69(8)57-75(34-26-21-4)58-70(92)9/h38-51,53-65H,18-37,52,66H2,1-17H3. The minimum absolute atomic E-state index is 0.452. The Morgan fingerprint density at radius 2 is 0.731 bits per heavy atom. The van der Waals surface area contributed by atoms with Crippen LogP contribution in [0.4, 0.5) is 34.1 Å². The molecule has 6 nitrogen and oxygen atoms in total. The van der Waals surface area contributed by atoms with Crippen LogP contribution >= 0.6 is 31.9 Å². The highest BCUT2D eigenvalue weighted by molar-refractivity contribution is 9.10. The molecule has 2 saturated heterocycles. The zero-order chi connectivity index (χ0) is 76.9. The highest BCUT2D eigenvalue weighted by Crippen LogP contribution is 2.58. The predicted molar refractivity (Wildman–Crippen MR) is 469 cm³/mol. The summed E-state index contributed by atoms with van der Waals surface area (Å²) in [6.45, 7) is 38.7. The first-order chi connectivity index (χ1) is 51.8. The Kier molecular flexibility index (Phi) is 26.0. The second-order valence-electron chi connectivity index (χ2n) is 33.8. The summed E-state index contributed by atoms with van der Waals surface area (Å²) >= 11 is 7.91. The van der Waals surface area contributed by atoms with Crippen LogP contribution < -0.4 is 20.7 Å². The average molecular weight is 1570 g/mol. The van der Waals surface area contributed by atoms with Gasteiger partial charge < -0.3 is 28.4 Å². The zero-order valence-electron chi connectivity index (χ0n) is 68.6. The number of unbranched alkanes of at least 4 members (excludes halogenated alkanes) is 11. The summed E-state index contributed by atoms with van der Waals surface area (Å²) in [7, 11) is -1.19. The summed E-state index contributed by atoms with van der Waals surface area (Å²) in [6, 6.07) is 63.9. The van der Waals surface area contributed by atoms with Crippen molar-refractivity contribution in [3.05, 3.63) is 256 Å². The molecule has 2 heterocycles. The average Bonchev–Trinajstić information content (AvgIpc) is 1.52. The quantitative estimate of drug-likeness (QED) is 0.0302. The van der Waals surface area contributed by atoms with Gasteiger partial charge in [-0.3, -0.25) is 0 Å². The summed E-state index contributed by atoms with van der Waals surface area (Å²) in [5.74, 6) is 0. The van der Waals surface area contributed by atoms with Gasteiger partial charge in [-0.05, 0) is 302 Å². The molecule has 1 aliphatic carbocycles. The minimum atomic E-state index is -0.779. The molecule has 2 aliphatic heterocycles. The van der Waals surface area contributed by atoms with Gasteiger partial charge in [0.05, 0.1) is 39.2 Å². The number of fused-ring (bicyclic) bond motifs is 3. The molecule has 0 N–H and O–H groups in total. The molecule has 0 saturated carbocycles. The van der Waals surface area contributed by atoms with Crippen molar-refractivity contribution in [2.45, 2.75) is 287 Å². The number of hydrogen-bond donors (Lipinski definition) is 0. The van der Waals surface area contributed by atoms with E-state index < -0.39 is 42.1 Å². The van der Waals surface area contributed by atoms with Crippen LogP contribution in [-0.2, 0) is 56.1 Å². The fraction of sp³-hybridized carbons (Fsp3) is 0.449. The topological polar surface area (TPSA) is 43.4 Å². The lowest BCUT2D eigenvalue weighted by atomic mass is 9.64. The molecule has 9 aromatic rings. The maximum absolute atomic E-state index is 7.71. The van der Waals surface area contributed by atoms with Gasteiger partial charge in [-0.1, -0.05) is 252 Å². The van der Waals surface area contributed by atoms with E-state index in [2.05, 4.69) is 323 Å². The smallest absolute Gasteiger partial charge is 0.399 e. The van der Waals surface area contributed by atoms with Gasteiger partial charge in [0.25, 0.3) is 0 Å². The van der Waals surface area contributed by atoms with Crippen LogP contribution in [0.2, 0.25) is 0 Å². The molecule has 9 aromatic carbocycles. The molecule has 2 atom stereocenters. The molecular formula is C98H122B2Br2N2O4. The van der Waals surface area contributed by atoms with E-state index in [4.69, 9.17) is 18.6 Å². The number of anilines is 6. The molecule has 0 bridgehead atoms. The third-order valence-electron chi connectivity index (χ3n) is 24.6. The molecule has 10 heteroatoms. The highest BCUT2D eigenvalue weighted by Gasteiger charge is 2.57. The Morgan fingerprint density at radius 1 is 0.352 bits per heavy atom. The van der Waals surface area contributed by atoms with Crippen molar-refractivity contribution in [1.82, 2.24) is 0 Å². The van der Waals surface area contributed by atoms with Crippen LogP contribution in [0.25, 0.3) is 11.1 Å². The van der Waals surface area contributed by atoms with Crippen molar-refractivity contribution in [2.24, 2.45) is 0 Å². The van der Waals surface area contributed by atoms with Crippen LogP contribution in [-0.4, -0.2) is 36.6 Å². The van der Waals surface area contributed by atoms with Crippen molar-refractivity contribution in [2.75, 3.05) is 9.80 Å². The molecule has 568 valence electrons. The third kappa shape index (κ3) is 17.0. The van der Waals surface area contributed by atoms with Crippen LogP contribution in [0, 0.1) is 41.5 Å². The number of benzene rings is 9. The molecule has 0 spiro atoms. The van der Waals surface area contributed by atoms with Crippen molar-refractivity contribution in [3.8, 4) is 11.1 Å². The maximum atomic E-state index is 7.71. The monoisotopic (exact) mass is 1570 g/mol. The molecule has 2 unspecified atom stereocenters. The Balaban J connectivity index is 0.956. The van der Waals surface area contributed by atoms with Gasteiger partial charge in [-0.25, -0.2) is 0 Å². The summed E-state index contributed by atoms with van der Waals surface area (Å²) < 4.78 is 31.8. The van der Waals surface area contributed by atoms with Gasteiger partial charge in [0, 0.05) is 38.1 Å². The van der Waals surface area contributed by atoms with Gasteiger partial charge >= 0.3 is 14.2 Å². The second-order valence-corrected chi connectivity index (χ2v) is 35.6. The fourth-order valence-electron chi connectivity index (χ4n) is 18.0. The maximum Gasteiger partial charge on any atom is 0.494 e. The third-order valence-corrected chi connectivity index (χ3v) is 25.9. The van der Waals surface area contributed by atoms with Gasteiger partial charge in [-0.2, -0.15) is 0 Å². The Morgan fingerprint density at radius 3 is 1.18 bits per heavy atom. The molecule has 0 amide bonds. The van der Waals surface area contributed by atoms with E-state index in [1.165, 1.54) is 171 Å². The lowest BCUT2D eigenvalue weighted by Crippen LogP contribution is -2.46. The number of aryl methyl sites for hydroxylation is 10. The predicted octanol–water partition coefficient (Wildman–Crippen LogP) is 27.1. The molecule has 2 fully saturated rings. The van der Waals surface area contributed by atoms with E-state index in [-0.39, 0.29) is 0 Å². The summed E-state index contributed by atoms with van der Waals surface area (Å²) in [5.41, 5.74) is 27.5. The Hall–Kier alpha value is -6.49. The number of rotatable bonds is 33. The van der Waals surface area contributed by atoms with Crippen molar-refractivity contribution in [1.29, 1.82) is 0 Å². The van der Waals surface area contributed by atoms with E-state index in [9.17, 15) is 0 Å². The Labute approximate surface area is 668 Å². The van der Waals surface area contributed by atoms with E-state index in [0.29, 0.717) is 6.42 Å². The van der Waals surface area contributed by atoms with Crippen molar-refractivity contribution in [3.63, 3.8) is 0 Å². The van der Waals surface area contributed by atoms with Crippen molar-refractivity contribution < 1.29 is 18.6 Å². The second kappa shape index (κ2) is 34.6. The normalized spacial score (nSPS) is 17.6. The SMILES string of the molecule is CCCCCCc1cc(C)cc(C2(c3cc(C)cc(CCCCCC)c3)c3cc(B4OC(C)(C)C(C)(CCCCCC)O4)ccc3-c3ccc(B4OC(C)(C)C(C)(Cc5cc(N(c6ccc(N(c7ccc(Br)cc7)c7c(C)cc(CCCC)cc7C)cc6)c6c(C)cc(CCCC)cc6C)ccc5Br)O4)cc32)c1. The zero-order valence-corrected chi connectivity index (χ0v) is 71.8. The first kappa shape index (κ1) is 81.0. The number of nitrogens with zero attached hydrogens (tertiary/aromatic N) is 2. The molecule has 3 aliphatic rings. The first-order valence-corrected chi connectivity index (χ1v) is 43.0. The van der Waals surface area contributed by atoms with Crippen LogP contribution in [0.3, 0.4) is 0 Å². The van der Waals surface area contributed by atoms with E-state index >= 15 is 0 Å². The Bertz CT molecular complexity index is 4510. The van der Waals surface area contributed by atoms with Crippen LogP contribution in [0.15, 0.2) is 173 Å². The minimum Gasteiger partial charge on any atom is -0.399 e. The fourth-order valence-corrected chi connectivity index (χ4v) is 18.6. The molecular weight excluding hydrogens is 1450 g/mol. The van der Waals surface area contributed by atoms with E-state index in [0.717, 1.165) is 112 Å². The van der Waals surface area contributed by atoms with Gasteiger partial charge in [0.2, 0.25) is 0 Å². The first-order valence-electron chi connectivity index (χ1n) is 41.4. The van der Waals surface area contributed by atoms with Gasteiger partial charge in [0.15, 0.2) is 0 Å². The molecule has 12 rings (SSSR count). The van der Waals surface area contributed by atoms with Gasteiger partial charge in [0.1, 0.15) is 0 Å². The largest absolute Gasteiger partial charge is 0.494 e. The van der Waals surface area contributed by atoms with Crippen LogP contribution in [0.5, 0.6) is 0 Å². The van der Waals surface area contributed by atoms with Crippen LogP contribution in [0.1, 0.15) is 269 Å². The molecule has 0 radical (unpaired) electrons. The number of hydrogen-bond acceptors (Lipinski definition) is 6. The summed E-state index contributed by atoms with van der Waals surface area (Å²) in [5, 5.41) is 0. The highest BCUT2D eigenvalue weighted by atomic mass is 79.9. The van der Waals surface area contributed by atoms with Crippen molar-refractivity contribution >= 4 is 91.1 Å². The van der Waals surface area contributed by atoms with Gasteiger partial charge in [-0.15, -0.1) is 0 Å². The summed E-state index contributed by atoms with van der Waals surface area (Å²) in [4.78, 5) is 4.93. The number of halogens is 2. The lowest BCUT2D eigenvalue weighted by Gasteiger charge is -2.37. The molecule has 0 aromatic heterocycles.